The maximum Gasteiger partial charge on any atom is 0.315 e. The molecule has 3 aliphatic rings. The van der Waals surface area contributed by atoms with E-state index < -0.39 is 16.0 Å². The lowest BCUT2D eigenvalue weighted by Crippen LogP contribution is -2.43. The molecule has 0 aliphatic heterocycles. The zero-order chi connectivity index (χ0) is 23.6. The molecule has 7 rings (SSSR count). The monoisotopic (exact) mass is 469 g/mol. The van der Waals surface area contributed by atoms with Gasteiger partial charge in [-0.3, -0.25) is 4.79 Å². The van der Waals surface area contributed by atoms with Gasteiger partial charge >= 0.3 is 5.97 Å². The molecule has 0 radical (unpaired) electrons. The summed E-state index contributed by atoms with van der Waals surface area (Å²) in [6.07, 6.45) is 0. The molecule has 0 amide bonds. The highest BCUT2D eigenvalue weighted by atomic mass is 32.2. The van der Waals surface area contributed by atoms with Crippen molar-refractivity contribution >= 4 is 26.9 Å². The predicted octanol–water partition coefficient (Wildman–Crippen LogP) is 5.19. The molecular weight excluding hydrogens is 448 g/mol. The summed E-state index contributed by atoms with van der Waals surface area (Å²) in [4.78, 5) is 13.4. The zero-order valence-corrected chi connectivity index (χ0v) is 19.2. The maximum atomic E-state index is 13.7. The highest BCUT2D eigenvalue weighted by molar-refractivity contribution is 7.86. The largest absolute Gasteiger partial charge is 0.744 e. The second kappa shape index (κ2) is 7.52. The van der Waals surface area contributed by atoms with E-state index in [4.69, 9.17) is 4.74 Å². The fourth-order valence-electron chi connectivity index (χ4n) is 6.03. The summed E-state index contributed by atoms with van der Waals surface area (Å²) >= 11 is 0. The van der Waals surface area contributed by atoms with E-state index in [1.807, 2.05) is 24.3 Å². The van der Waals surface area contributed by atoms with Crippen molar-refractivity contribution in [1.82, 2.24) is 0 Å². The molecule has 0 heterocycles. The third-order valence-corrected chi connectivity index (χ3v) is 8.27. The number of esters is 1. The van der Waals surface area contributed by atoms with Gasteiger partial charge in [0.05, 0.1) is 10.8 Å². The summed E-state index contributed by atoms with van der Waals surface area (Å²) in [5, 5.41) is 0.666. The summed E-state index contributed by atoms with van der Waals surface area (Å²) in [5.41, 5.74) is 4.84. The van der Waals surface area contributed by atoms with Crippen LogP contribution in [0.25, 0.3) is 10.8 Å². The molecule has 170 valence electrons. The number of rotatable bonds is 3. The van der Waals surface area contributed by atoms with E-state index in [9.17, 15) is 17.8 Å². The van der Waals surface area contributed by atoms with Gasteiger partial charge in [-0.1, -0.05) is 79.7 Å². The van der Waals surface area contributed by atoms with Gasteiger partial charge in [0.15, 0.2) is 0 Å². The van der Waals surface area contributed by atoms with Crippen LogP contribution in [0.2, 0.25) is 0 Å². The Kier molecular flexibility index (Phi) is 4.66. The van der Waals surface area contributed by atoms with Gasteiger partial charge in [-0.25, -0.2) is 8.42 Å². The van der Waals surface area contributed by atoms with Gasteiger partial charge in [0.1, 0.15) is 15.9 Å². The topological polar surface area (TPSA) is 83.5 Å². The summed E-state index contributed by atoms with van der Waals surface area (Å²) in [6.45, 7) is 2.10. The Hall–Kier alpha value is -3.48. The van der Waals surface area contributed by atoms with Crippen LogP contribution >= 0.6 is 0 Å². The first-order valence-corrected chi connectivity index (χ1v) is 12.6. The average molecular weight is 470 g/mol. The molecule has 0 saturated carbocycles. The SMILES string of the molecule is CC1C2c3ccccc3C(c3ccccc32)C1C(=O)Oc1ccc(S(=O)(=O)[O-])c2ccccc12. The first kappa shape index (κ1) is 21.1. The normalized spacial score (nSPS) is 22.8. The Morgan fingerprint density at radius 1 is 0.735 bits per heavy atom. The summed E-state index contributed by atoms with van der Waals surface area (Å²) in [6, 6.07) is 25.8. The van der Waals surface area contributed by atoms with Crippen molar-refractivity contribution in [2.24, 2.45) is 11.8 Å². The van der Waals surface area contributed by atoms with E-state index in [0.717, 1.165) is 11.1 Å². The summed E-state index contributed by atoms with van der Waals surface area (Å²) in [5.74, 6) is -0.490. The zero-order valence-electron chi connectivity index (χ0n) is 18.3. The number of fused-ring (bicyclic) bond motifs is 2. The van der Waals surface area contributed by atoms with Crippen LogP contribution in [0, 0.1) is 11.8 Å². The number of benzene rings is 4. The highest BCUT2D eigenvalue weighted by Crippen LogP contribution is 2.58. The molecule has 6 heteroatoms. The molecule has 5 nitrogen and oxygen atoms in total. The van der Waals surface area contributed by atoms with Crippen LogP contribution in [0.3, 0.4) is 0 Å². The van der Waals surface area contributed by atoms with Gasteiger partial charge in [0, 0.05) is 22.6 Å². The Morgan fingerprint density at radius 2 is 1.24 bits per heavy atom. The van der Waals surface area contributed by atoms with Crippen LogP contribution in [-0.4, -0.2) is 18.9 Å². The maximum absolute atomic E-state index is 13.7. The highest BCUT2D eigenvalue weighted by Gasteiger charge is 2.51. The van der Waals surface area contributed by atoms with E-state index >= 15 is 0 Å². The van der Waals surface area contributed by atoms with Gasteiger partial charge in [-0.05, 0) is 40.3 Å². The second-order valence-corrected chi connectivity index (χ2v) is 10.4. The van der Waals surface area contributed by atoms with Crippen LogP contribution < -0.4 is 4.74 Å². The van der Waals surface area contributed by atoms with Gasteiger partial charge in [-0.2, -0.15) is 0 Å². The third-order valence-electron chi connectivity index (χ3n) is 7.38. The lowest BCUT2D eigenvalue weighted by molar-refractivity contribution is -0.142. The molecule has 0 saturated heterocycles. The molecule has 3 aliphatic carbocycles. The molecule has 4 aromatic carbocycles. The summed E-state index contributed by atoms with van der Waals surface area (Å²) < 4.78 is 41.1. The van der Waals surface area contributed by atoms with Crippen molar-refractivity contribution in [1.29, 1.82) is 0 Å². The van der Waals surface area contributed by atoms with E-state index in [-0.39, 0.29) is 39.8 Å². The van der Waals surface area contributed by atoms with Gasteiger partial charge < -0.3 is 9.29 Å². The minimum atomic E-state index is -4.67. The van der Waals surface area contributed by atoms with Crippen molar-refractivity contribution < 1.29 is 22.5 Å². The fourth-order valence-corrected chi connectivity index (χ4v) is 6.71. The minimum absolute atomic E-state index is 0.0230. The van der Waals surface area contributed by atoms with Crippen LogP contribution in [0.15, 0.2) is 89.8 Å². The Balaban J connectivity index is 1.44. The minimum Gasteiger partial charge on any atom is -0.744 e. The van der Waals surface area contributed by atoms with Crippen molar-refractivity contribution in [3.63, 3.8) is 0 Å². The quantitative estimate of drug-likeness (QED) is 0.234. The Labute approximate surface area is 197 Å². The first-order valence-electron chi connectivity index (χ1n) is 11.2. The van der Waals surface area contributed by atoms with Crippen LogP contribution in [0.1, 0.15) is 41.0 Å². The van der Waals surface area contributed by atoms with Crippen LogP contribution in [-0.2, 0) is 14.9 Å². The lowest BCUT2D eigenvalue weighted by atomic mass is 9.54. The molecule has 34 heavy (non-hydrogen) atoms. The smallest absolute Gasteiger partial charge is 0.315 e. The van der Waals surface area contributed by atoms with Crippen molar-refractivity contribution in [2.45, 2.75) is 23.7 Å². The van der Waals surface area contributed by atoms with E-state index in [1.54, 1.807) is 24.3 Å². The number of ether oxygens (including phenoxy) is 1. The van der Waals surface area contributed by atoms with Gasteiger partial charge in [0.25, 0.3) is 0 Å². The predicted molar refractivity (Wildman–Crippen MR) is 127 cm³/mol. The molecule has 0 fully saturated rings. The average Bonchev–Trinajstić information content (AvgIpc) is 2.83. The van der Waals surface area contributed by atoms with Gasteiger partial charge in [-0.15, -0.1) is 0 Å². The Morgan fingerprint density at radius 3 is 1.79 bits per heavy atom. The fraction of sp³-hybridized carbons (Fsp3) is 0.179. The van der Waals surface area contributed by atoms with Crippen LogP contribution in [0.4, 0.5) is 0 Å². The number of hydrogen-bond donors (Lipinski definition) is 0. The number of carbonyl (C=O) groups is 1. The molecular formula is C28H21O5S-. The molecule has 4 aromatic rings. The van der Waals surface area contributed by atoms with Crippen molar-refractivity contribution in [2.75, 3.05) is 0 Å². The lowest BCUT2D eigenvalue weighted by Gasteiger charge is -2.48. The molecule has 0 spiro atoms. The van der Waals surface area contributed by atoms with Crippen molar-refractivity contribution in [3.05, 3.63) is 107 Å². The molecule has 2 bridgehead atoms. The Bertz CT molecular complexity index is 1530. The van der Waals surface area contributed by atoms with Crippen LogP contribution in [0.5, 0.6) is 5.75 Å². The van der Waals surface area contributed by atoms with E-state index in [0.29, 0.717) is 5.39 Å². The standard InChI is InChI=1S/C28H22O5S/c1-16-25-19-10-4-6-12-21(19)27(22-13-7-5-11-20(22)25)26(16)28(29)33-23-14-15-24(34(30,31)32)18-9-3-2-8-17(18)23/h2-16,25-27H,1H3,(H,30,31,32)/p-1. The number of hydrogen-bond acceptors (Lipinski definition) is 5. The van der Waals surface area contributed by atoms with Crippen molar-refractivity contribution in [3.8, 4) is 5.75 Å². The molecule has 2 unspecified atom stereocenters. The molecule has 0 aromatic heterocycles. The van der Waals surface area contributed by atoms with Gasteiger partial charge in [0.2, 0.25) is 0 Å². The first-order chi connectivity index (χ1) is 16.4. The molecule has 2 atom stereocenters. The summed E-state index contributed by atoms with van der Waals surface area (Å²) in [7, 11) is -4.67. The van der Waals surface area contributed by atoms with E-state index in [2.05, 4.69) is 31.2 Å². The van der Waals surface area contributed by atoms with E-state index in [1.165, 1.54) is 23.3 Å². The molecule has 0 N–H and O–H groups in total. The third kappa shape index (κ3) is 3.02. The number of carbonyl (C=O) groups excluding carboxylic acids is 1. The second-order valence-electron chi connectivity index (χ2n) is 9.08.